The van der Waals surface area contributed by atoms with Crippen LogP contribution in [0.4, 0.5) is 4.79 Å². The number of ether oxygens (including phenoxy) is 1. The van der Waals surface area contributed by atoms with Crippen molar-refractivity contribution in [2.45, 2.75) is 27.3 Å². The number of amides is 1. The average Bonchev–Trinajstić information content (AvgIpc) is 2.47. The highest BCUT2D eigenvalue weighted by atomic mass is 16.8. The first-order valence-corrected chi connectivity index (χ1v) is 5.06. The van der Waals surface area contributed by atoms with E-state index in [1.54, 1.807) is 0 Å². The van der Waals surface area contributed by atoms with Crippen LogP contribution >= 0.6 is 0 Å². The van der Waals surface area contributed by atoms with Gasteiger partial charge in [-0.15, -0.1) is 0 Å². The summed E-state index contributed by atoms with van der Waals surface area (Å²) in [6.45, 7) is 7.11. The molecular formula is C9H16N4O4. The highest BCUT2D eigenvalue weighted by Gasteiger charge is 2.23. The molecule has 0 spiro atoms. The summed E-state index contributed by atoms with van der Waals surface area (Å²) in [4.78, 5) is 10.6. The molecule has 1 heterocycles. The number of nitrogens with one attached hydrogen (secondary N) is 1. The number of primary amides is 1. The number of nitrogens with zero attached hydrogens (tertiary/aromatic N) is 2. The molecule has 3 N–H and O–H groups in total. The Morgan fingerprint density at radius 1 is 1.65 bits per heavy atom. The molecule has 0 unspecified atom stereocenters. The molecule has 0 aromatic carbocycles. The molecule has 1 amide bonds. The highest BCUT2D eigenvalue weighted by molar-refractivity contribution is 5.67. The van der Waals surface area contributed by atoms with E-state index < -0.39 is 6.09 Å². The maximum Gasteiger partial charge on any atom is 0.412 e. The summed E-state index contributed by atoms with van der Waals surface area (Å²) in [5.74, 6) is -0.334. The molecule has 0 saturated heterocycles. The van der Waals surface area contributed by atoms with Gasteiger partial charge in [0.25, 0.3) is 5.69 Å². The van der Waals surface area contributed by atoms with E-state index in [-0.39, 0.29) is 28.4 Å². The minimum Gasteiger partial charge on any atom is -0.367 e. The lowest BCUT2D eigenvalue weighted by Gasteiger charge is -2.17. The predicted octanol–water partition coefficient (Wildman–Crippen LogP) is -0.0988. The second kappa shape index (κ2) is 5.00. The molecular weight excluding hydrogens is 228 g/mol. The summed E-state index contributed by atoms with van der Waals surface area (Å²) in [6, 6.07) is 0. The fourth-order valence-corrected chi connectivity index (χ4v) is 1.12. The third kappa shape index (κ3) is 4.27. The van der Waals surface area contributed by atoms with Gasteiger partial charge in [-0.25, -0.2) is 4.79 Å². The monoisotopic (exact) mass is 244 g/mol. The van der Waals surface area contributed by atoms with Gasteiger partial charge in [-0.1, -0.05) is 20.8 Å². The first kappa shape index (κ1) is 13.2. The smallest absolute Gasteiger partial charge is 0.367 e. The minimum atomic E-state index is -1.09. The molecule has 8 nitrogen and oxygen atoms in total. The summed E-state index contributed by atoms with van der Waals surface area (Å²) in [5.41, 5.74) is 5.10. The largest absolute Gasteiger partial charge is 0.412 e. The number of hydrogen-bond donors (Lipinski definition) is 2. The molecule has 0 aliphatic rings. The van der Waals surface area contributed by atoms with Gasteiger partial charge in [0.1, 0.15) is 0 Å². The second-order valence-electron chi connectivity index (χ2n) is 4.77. The van der Waals surface area contributed by atoms with Crippen molar-refractivity contribution in [2.24, 2.45) is 11.1 Å². The number of carbonyl (C=O) groups excluding carboxylic acids is 1. The minimum absolute atomic E-state index is 0.00113. The van der Waals surface area contributed by atoms with Gasteiger partial charge >= 0.3 is 12.0 Å². The van der Waals surface area contributed by atoms with Crippen LogP contribution in [0.1, 0.15) is 26.5 Å². The van der Waals surface area contributed by atoms with Gasteiger partial charge in [0.05, 0.1) is 6.54 Å². The summed E-state index contributed by atoms with van der Waals surface area (Å²) in [7, 11) is 0. The van der Waals surface area contributed by atoms with E-state index in [1.165, 1.54) is 0 Å². The summed E-state index contributed by atoms with van der Waals surface area (Å²) >= 11 is 0. The highest BCUT2D eigenvalue weighted by Crippen LogP contribution is 2.13. The second-order valence-corrected chi connectivity index (χ2v) is 4.77. The SMILES string of the molecule is CC(C)(C)CNCc1no[n+]([O-])c1OC(N)=O. The fraction of sp³-hybridized carbons (Fsp3) is 0.667. The van der Waals surface area contributed by atoms with Crippen molar-refractivity contribution in [3.63, 3.8) is 0 Å². The van der Waals surface area contributed by atoms with Gasteiger partial charge in [-0.2, -0.15) is 0 Å². The van der Waals surface area contributed by atoms with Crippen molar-refractivity contribution in [2.75, 3.05) is 6.54 Å². The normalized spacial score (nSPS) is 11.5. The van der Waals surface area contributed by atoms with Crippen LogP contribution in [0.2, 0.25) is 0 Å². The van der Waals surface area contributed by atoms with Gasteiger partial charge in [-0.3, -0.25) is 4.63 Å². The van der Waals surface area contributed by atoms with Gasteiger partial charge < -0.3 is 21.0 Å². The van der Waals surface area contributed by atoms with Crippen LogP contribution in [0.15, 0.2) is 4.63 Å². The van der Waals surface area contributed by atoms with Crippen LogP contribution in [0, 0.1) is 10.6 Å². The molecule has 96 valence electrons. The van der Waals surface area contributed by atoms with Crippen molar-refractivity contribution in [3.8, 4) is 5.88 Å². The van der Waals surface area contributed by atoms with Crippen LogP contribution in [0.25, 0.3) is 0 Å². The molecule has 0 aliphatic carbocycles. The van der Waals surface area contributed by atoms with Crippen LogP contribution in [0.3, 0.4) is 0 Å². The zero-order chi connectivity index (χ0) is 13.1. The Hall–Kier alpha value is -1.83. The molecule has 0 saturated carbocycles. The Balaban J connectivity index is 2.62. The van der Waals surface area contributed by atoms with Crippen molar-refractivity contribution in [1.82, 2.24) is 10.5 Å². The maximum absolute atomic E-state index is 11.1. The predicted molar refractivity (Wildman–Crippen MR) is 56.8 cm³/mol. The van der Waals surface area contributed by atoms with E-state index in [2.05, 4.69) is 40.6 Å². The average molecular weight is 244 g/mol. The zero-order valence-corrected chi connectivity index (χ0v) is 10.0. The molecule has 1 aromatic heterocycles. The lowest BCUT2D eigenvalue weighted by atomic mass is 9.97. The van der Waals surface area contributed by atoms with Crippen molar-refractivity contribution >= 4 is 6.09 Å². The van der Waals surface area contributed by atoms with Crippen molar-refractivity contribution in [1.29, 1.82) is 0 Å². The van der Waals surface area contributed by atoms with E-state index in [1.807, 2.05) is 0 Å². The Labute approximate surface area is 98.2 Å². The fourth-order valence-electron chi connectivity index (χ4n) is 1.12. The maximum atomic E-state index is 11.1. The first-order valence-electron chi connectivity index (χ1n) is 5.06. The van der Waals surface area contributed by atoms with E-state index in [0.29, 0.717) is 6.54 Å². The van der Waals surface area contributed by atoms with Gasteiger partial charge in [0.2, 0.25) is 0 Å². The van der Waals surface area contributed by atoms with Gasteiger partial charge in [-0.05, 0) is 10.3 Å². The Kier molecular flexibility index (Phi) is 3.89. The third-order valence-electron chi connectivity index (χ3n) is 1.78. The molecule has 0 atom stereocenters. The lowest BCUT2D eigenvalue weighted by Crippen LogP contribution is -2.31. The number of nitrogens with two attached hydrogens (primary N) is 1. The molecule has 0 radical (unpaired) electrons. The molecule has 0 aliphatic heterocycles. The van der Waals surface area contributed by atoms with Crippen LogP contribution in [-0.4, -0.2) is 17.8 Å². The summed E-state index contributed by atoms with van der Waals surface area (Å²) < 4.78 is 8.81. The van der Waals surface area contributed by atoms with Crippen LogP contribution in [0.5, 0.6) is 5.88 Å². The Morgan fingerprint density at radius 3 is 2.82 bits per heavy atom. The standard InChI is InChI=1S/C9H16N4O4/c1-9(2,3)5-11-4-6-7(16-8(10)14)13(15)17-12-6/h11H,4-5H2,1-3H3,(H2,10,14). The van der Waals surface area contributed by atoms with E-state index in [9.17, 15) is 10.0 Å². The molecule has 0 bridgehead atoms. The molecule has 1 rings (SSSR count). The summed E-state index contributed by atoms with van der Waals surface area (Å²) in [6.07, 6.45) is -1.09. The van der Waals surface area contributed by atoms with E-state index in [4.69, 9.17) is 5.73 Å². The third-order valence-corrected chi connectivity index (χ3v) is 1.78. The number of carbonyl (C=O) groups is 1. The van der Waals surface area contributed by atoms with Crippen LogP contribution in [-0.2, 0) is 6.54 Å². The Bertz CT molecular complexity index is 396. The van der Waals surface area contributed by atoms with E-state index in [0.717, 1.165) is 0 Å². The topological polar surface area (TPSA) is 117 Å². The van der Waals surface area contributed by atoms with Crippen molar-refractivity contribution < 1.29 is 19.1 Å². The van der Waals surface area contributed by atoms with Crippen LogP contribution < -0.4 is 20.7 Å². The quantitative estimate of drug-likeness (QED) is 0.714. The molecule has 17 heavy (non-hydrogen) atoms. The zero-order valence-electron chi connectivity index (χ0n) is 10.0. The van der Waals surface area contributed by atoms with Crippen molar-refractivity contribution in [3.05, 3.63) is 10.9 Å². The number of hydrogen-bond acceptors (Lipinski definition) is 6. The van der Waals surface area contributed by atoms with Gasteiger partial charge in [0.15, 0.2) is 0 Å². The molecule has 8 heteroatoms. The van der Waals surface area contributed by atoms with Gasteiger partial charge in [0, 0.05) is 11.7 Å². The Morgan fingerprint density at radius 2 is 2.29 bits per heavy atom. The van der Waals surface area contributed by atoms with E-state index >= 15 is 0 Å². The number of rotatable bonds is 4. The number of aromatic nitrogens is 2. The summed E-state index contributed by atoms with van der Waals surface area (Å²) in [5, 5.41) is 17.6. The molecule has 0 fully saturated rings. The first-order chi connectivity index (χ1) is 7.79. The molecule has 1 aromatic rings. The lowest BCUT2D eigenvalue weighted by molar-refractivity contribution is -0.804.